The maximum atomic E-state index is 13.3. The molecule has 0 radical (unpaired) electrons. The van der Waals surface area contributed by atoms with Crippen LogP contribution in [0.2, 0.25) is 0 Å². The van der Waals surface area contributed by atoms with Gasteiger partial charge in [0, 0.05) is 13.5 Å². The van der Waals surface area contributed by atoms with E-state index in [1.165, 1.54) is 18.6 Å². The van der Waals surface area contributed by atoms with Gasteiger partial charge in [0.25, 0.3) is 5.91 Å². The van der Waals surface area contributed by atoms with Crippen molar-refractivity contribution < 1.29 is 13.6 Å². The molecule has 1 N–H and O–H groups in total. The highest BCUT2D eigenvalue weighted by atomic mass is 19.1. The fourth-order valence-electron chi connectivity index (χ4n) is 3.38. The summed E-state index contributed by atoms with van der Waals surface area (Å²) in [5.41, 5.74) is 1.60. The lowest BCUT2D eigenvalue weighted by Gasteiger charge is -2.35. The third-order valence-corrected chi connectivity index (χ3v) is 4.65. The molecule has 1 aliphatic heterocycles. The number of likely N-dealkylation sites (tertiary alicyclic amines) is 1. The Balaban J connectivity index is 1.74. The molecule has 1 saturated heterocycles. The highest BCUT2D eigenvalue weighted by Gasteiger charge is 2.24. The third-order valence-electron chi connectivity index (χ3n) is 4.65. The summed E-state index contributed by atoms with van der Waals surface area (Å²) in [6.45, 7) is 5.90. The van der Waals surface area contributed by atoms with Crippen molar-refractivity contribution in [2.75, 3.05) is 19.6 Å². The molecule has 0 spiro atoms. The summed E-state index contributed by atoms with van der Waals surface area (Å²) < 4.78 is 18.7. The fraction of sp³-hybridized carbons (Fsp3) is 0.474. The third kappa shape index (κ3) is 4.25. The van der Waals surface area contributed by atoms with Gasteiger partial charge in [0.15, 0.2) is 5.89 Å². The first-order valence-corrected chi connectivity index (χ1v) is 8.76. The fourth-order valence-corrected chi connectivity index (χ4v) is 3.38. The molecule has 3 rings (SSSR count). The molecule has 2 aromatic rings. The molecule has 1 fully saturated rings. The van der Waals surface area contributed by atoms with Crippen LogP contribution in [0, 0.1) is 19.7 Å². The number of rotatable bonds is 5. The van der Waals surface area contributed by atoms with E-state index in [4.69, 9.17) is 4.42 Å². The Bertz CT molecular complexity index is 721. The highest BCUT2D eigenvalue weighted by molar-refractivity contribution is 5.92. The first-order valence-electron chi connectivity index (χ1n) is 8.76. The Kier molecular flexibility index (Phi) is 5.48. The summed E-state index contributed by atoms with van der Waals surface area (Å²) in [5.74, 6) is 0.225. The van der Waals surface area contributed by atoms with Crippen LogP contribution in [0.3, 0.4) is 0 Å². The molecule has 1 atom stereocenters. The number of halogens is 1. The number of oxazole rings is 1. The number of hydrogen-bond donors (Lipinski definition) is 1. The summed E-state index contributed by atoms with van der Waals surface area (Å²) in [7, 11) is 0. The summed E-state index contributed by atoms with van der Waals surface area (Å²) in [6.07, 6.45) is 3.52. The van der Waals surface area contributed by atoms with Gasteiger partial charge in [-0.1, -0.05) is 18.6 Å². The van der Waals surface area contributed by atoms with Gasteiger partial charge in [0.1, 0.15) is 5.82 Å². The van der Waals surface area contributed by atoms with Crippen LogP contribution in [0.1, 0.15) is 53.0 Å². The van der Waals surface area contributed by atoms with Crippen LogP contribution in [-0.4, -0.2) is 35.4 Å². The maximum Gasteiger partial charge on any atom is 0.289 e. The zero-order chi connectivity index (χ0) is 17.8. The molecule has 1 amide bonds. The predicted molar refractivity (Wildman–Crippen MR) is 92.9 cm³/mol. The minimum atomic E-state index is -0.262. The van der Waals surface area contributed by atoms with Crippen molar-refractivity contribution in [1.82, 2.24) is 15.2 Å². The lowest BCUT2D eigenvalue weighted by atomic mass is 10.0. The monoisotopic (exact) mass is 345 g/mol. The predicted octanol–water partition coefficient (Wildman–Crippen LogP) is 3.39. The molecule has 2 heterocycles. The maximum absolute atomic E-state index is 13.3. The van der Waals surface area contributed by atoms with E-state index in [0.29, 0.717) is 18.1 Å². The van der Waals surface area contributed by atoms with Crippen LogP contribution in [0.4, 0.5) is 4.39 Å². The van der Waals surface area contributed by atoms with E-state index in [9.17, 15) is 9.18 Å². The number of carbonyl (C=O) groups excluding carboxylic acids is 1. The van der Waals surface area contributed by atoms with Gasteiger partial charge >= 0.3 is 0 Å². The summed E-state index contributed by atoms with van der Waals surface area (Å²) in [4.78, 5) is 18.9. The second kappa shape index (κ2) is 7.78. The molecule has 1 aliphatic rings. The standard InChI is InChI=1S/C19H24FN3O2/c1-13-18(25-14(2)22-13)19(24)21-12-17(23-10-4-3-5-11-23)15-6-8-16(20)9-7-15/h6-9,17H,3-5,10-12H2,1-2H3,(H,21,24)/t17-/m1/s1. The number of aromatic nitrogens is 1. The molecule has 134 valence electrons. The number of aryl methyl sites for hydroxylation is 2. The van der Waals surface area contributed by atoms with Crippen molar-refractivity contribution >= 4 is 5.91 Å². The quantitative estimate of drug-likeness (QED) is 0.902. The van der Waals surface area contributed by atoms with Crippen LogP contribution in [0.25, 0.3) is 0 Å². The van der Waals surface area contributed by atoms with Crippen LogP contribution in [0.5, 0.6) is 0 Å². The number of benzene rings is 1. The normalized spacial score (nSPS) is 16.6. The first-order chi connectivity index (χ1) is 12.0. The average Bonchev–Trinajstić information content (AvgIpc) is 2.96. The molecule has 1 aromatic heterocycles. The molecule has 6 heteroatoms. The van der Waals surface area contributed by atoms with Gasteiger partial charge in [-0.15, -0.1) is 0 Å². The molecule has 1 aromatic carbocycles. The van der Waals surface area contributed by atoms with Crippen molar-refractivity contribution in [2.45, 2.75) is 39.2 Å². The van der Waals surface area contributed by atoms with Crippen molar-refractivity contribution in [1.29, 1.82) is 0 Å². The zero-order valence-corrected chi connectivity index (χ0v) is 14.7. The number of nitrogens with one attached hydrogen (secondary N) is 1. The van der Waals surface area contributed by atoms with Gasteiger partial charge in [0.2, 0.25) is 5.76 Å². The van der Waals surface area contributed by atoms with E-state index in [-0.39, 0.29) is 23.5 Å². The number of hydrogen-bond acceptors (Lipinski definition) is 4. The minimum absolute atomic E-state index is 0.0224. The lowest BCUT2D eigenvalue weighted by molar-refractivity contribution is 0.0895. The Morgan fingerprint density at radius 1 is 1.24 bits per heavy atom. The first kappa shape index (κ1) is 17.6. The van der Waals surface area contributed by atoms with E-state index < -0.39 is 0 Å². The van der Waals surface area contributed by atoms with Crippen molar-refractivity contribution in [2.24, 2.45) is 0 Å². The van der Waals surface area contributed by atoms with Gasteiger partial charge in [-0.2, -0.15) is 0 Å². The second-order valence-corrected chi connectivity index (χ2v) is 6.52. The highest BCUT2D eigenvalue weighted by Crippen LogP contribution is 2.24. The molecule has 0 unspecified atom stereocenters. The Labute approximate surface area is 147 Å². The van der Waals surface area contributed by atoms with E-state index in [1.807, 2.05) is 0 Å². The number of piperidine rings is 1. The van der Waals surface area contributed by atoms with Crippen LogP contribution < -0.4 is 5.32 Å². The summed E-state index contributed by atoms with van der Waals surface area (Å²) >= 11 is 0. The zero-order valence-electron chi connectivity index (χ0n) is 14.7. The van der Waals surface area contributed by atoms with Crippen molar-refractivity contribution in [3.8, 4) is 0 Å². The van der Waals surface area contributed by atoms with Crippen molar-refractivity contribution in [3.63, 3.8) is 0 Å². The van der Waals surface area contributed by atoms with Crippen LogP contribution in [-0.2, 0) is 0 Å². The molecule has 5 nitrogen and oxygen atoms in total. The van der Waals surface area contributed by atoms with E-state index in [1.54, 1.807) is 26.0 Å². The topological polar surface area (TPSA) is 58.4 Å². The Morgan fingerprint density at radius 3 is 2.52 bits per heavy atom. The van der Waals surface area contributed by atoms with Gasteiger partial charge < -0.3 is 9.73 Å². The van der Waals surface area contributed by atoms with Crippen LogP contribution >= 0.6 is 0 Å². The minimum Gasteiger partial charge on any atom is -0.436 e. The largest absolute Gasteiger partial charge is 0.436 e. The molecule has 0 aliphatic carbocycles. The number of nitrogens with zero attached hydrogens (tertiary/aromatic N) is 2. The molecular formula is C19H24FN3O2. The SMILES string of the molecule is Cc1nc(C)c(C(=O)NC[C@H](c2ccc(F)cc2)N2CCCCC2)o1. The number of carbonyl (C=O) groups is 1. The van der Waals surface area contributed by atoms with Crippen molar-refractivity contribution in [3.05, 3.63) is 53.0 Å². The molecule has 0 saturated carbocycles. The Morgan fingerprint density at radius 2 is 1.92 bits per heavy atom. The van der Waals surface area contributed by atoms with Gasteiger partial charge in [-0.05, 0) is 50.6 Å². The average molecular weight is 345 g/mol. The second-order valence-electron chi connectivity index (χ2n) is 6.52. The van der Waals surface area contributed by atoms with Gasteiger partial charge in [0.05, 0.1) is 11.7 Å². The molecule has 0 bridgehead atoms. The molecule has 25 heavy (non-hydrogen) atoms. The lowest BCUT2D eigenvalue weighted by Crippen LogP contribution is -2.40. The summed E-state index contributed by atoms with van der Waals surface area (Å²) in [5, 5.41) is 2.96. The van der Waals surface area contributed by atoms with E-state index >= 15 is 0 Å². The summed E-state index contributed by atoms with van der Waals surface area (Å²) in [6, 6.07) is 6.56. The van der Waals surface area contributed by atoms with Gasteiger partial charge in [-0.25, -0.2) is 9.37 Å². The smallest absolute Gasteiger partial charge is 0.289 e. The molecular weight excluding hydrogens is 321 g/mol. The van der Waals surface area contributed by atoms with E-state index in [2.05, 4.69) is 15.2 Å². The Hall–Kier alpha value is -2.21. The van der Waals surface area contributed by atoms with E-state index in [0.717, 1.165) is 31.5 Å². The number of amides is 1. The van der Waals surface area contributed by atoms with Gasteiger partial charge in [-0.3, -0.25) is 9.69 Å². The van der Waals surface area contributed by atoms with Crippen LogP contribution in [0.15, 0.2) is 28.7 Å².